The van der Waals surface area contributed by atoms with Gasteiger partial charge in [-0.3, -0.25) is 9.59 Å². The summed E-state index contributed by atoms with van der Waals surface area (Å²) < 4.78 is 33.6. The molecular formula is C46H56O13. The minimum absolute atomic E-state index is 0.0526. The molecular weight excluding hydrogens is 760 g/mol. The molecule has 0 bridgehead atoms. The van der Waals surface area contributed by atoms with E-state index in [0.717, 1.165) is 45.1 Å². The zero-order valence-electron chi connectivity index (χ0n) is 35.0. The van der Waals surface area contributed by atoms with Gasteiger partial charge in [-0.1, -0.05) is 64.5 Å². The van der Waals surface area contributed by atoms with Gasteiger partial charge in [-0.2, -0.15) is 0 Å². The first kappa shape index (κ1) is 47.5. The quantitative estimate of drug-likeness (QED) is 0.0280. The molecule has 0 saturated heterocycles. The van der Waals surface area contributed by atoms with Crippen molar-refractivity contribution in [2.45, 2.75) is 98.8 Å². The van der Waals surface area contributed by atoms with Crippen molar-refractivity contribution in [3.8, 4) is 28.4 Å². The lowest BCUT2D eigenvalue weighted by Gasteiger charge is -2.31. The Labute approximate surface area is 346 Å². The van der Waals surface area contributed by atoms with Gasteiger partial charge in [-0.05, 0) is 88.1 Å². The number of unbranched alkanes of at least 4 members (excludes halogenated alkanes) is 2. The van der Waals surface area contributed by atoms with E-state index in [-0.39, 0.29) is 34.1 Å². The van der Waals surface area contributed by atoms with E-state index in [0.29, 0.717) is 22.8 Å². The molecule has 13 nitrogen and oxygen atoms in total. The van der Waals surface area contributed by atoms with Crippen LogP contribution in [0.15, 0.2) is 72.9 Å². The molecule has 0 aliphatic heterocycles. The van der Waals surface area contributed by atoms with Gasteiger partial charge in [-0.15, -0.1) is 0 Å². The van der Waals surface area contributed by atoms with E-state index in [9.17, 15) is 33.6 Å². The molecule has 0 radical (unpaired) electrons. The summed E-state index contributed by atoms with van der Waals surface area (Å²) in [7, 11) is 0. The van der Waals surface area contributed by atoms with Crippen molar-refractivity contribution in [2.24, 2.45) is 11.3 Å². The Morgan fingerprint density at radius 3 is 1.58 bits per heavy atom. The first-order valence-corrected chi connectivity index (χ1v) is 19.7. The predicted octanol–water partition coefficient (Wildman–Crippen LogP) is 7.92. The molecule has 2 aromatic carbocycles. The molecule has 0 N–H and O–H groups in total. The van der Waals surface area contributed by atoms with E-state index in [1.807, 2.05) is 0 Å². The molecule has 1 aliphatic rings. The zero-order valence-corrected chi connectivity index (χ0v) is 35.0. The predicted molar refractivity (Wildman–Crippen MR) is 219 cm³/mol. The van der Waals surface area contributed by atoms with Crippen molar-refractivity contribution in [1.29, 1.82) is 0 Å². The molecule has 0 unspecified atom stereocenters. The lowest BCUT2D eigenvalue weighted by atomic mass is 9.76. The van der Waals surface area contributed by atoms with Crippen LogP contribution in [0, 0.1) is 11.3 Å². The number of benzene rings is 2. The fourth-order valence-corrected chi connectivity index (χ4v) is 6.31. The number of Topliss-reactive ketones (excluding diaryl/α,β-unsaturated/α-hetero) is 2. The minimum atomic E-state index is -1.59. The van der Waals surface area contributed by atoms with Crippen molar-refractivity contribution >= 4 is 41.4 Å². The van der Waals surface area contributed by atoms with Crippen LogP contribution in [0.5, 0.6) is 17.2 Å². The molecule has 1 saturated carbocycles. The van der Waals surface area contributed by atoms with Crippen molar-refractivity contribution in [3.63, 3.8) is 0 Å². The zero-order chi connectivity index (χ0) is 43.9. The normalized spacial score (nSPS) is 14.9. The summed E-state index contributed by atoms with van der Waals surface area (Å²) in [6.07, 6.45) is 8.57. The summed E-state index contributed by atoms with van der Waals surface area (Å²) in [5.74, 6) is -4.73. The Morgan fingerprint density at radius 2 is 1.10 bits per heavy atom. The van der Waals surface area contributed by atoms with E-state index in [1.165, 1.54) is 32.6 Å². The summed E-state index contributed by atoms with van der Waals surface area (Å²) in [6.45, 7) is 17.6. The topological polar surface area (TPSA) is 175 Å². The highest BCUT2D eigenvalue weighted by Gasteiger charge is 2.38. The van der Waals surface area contributed by atoms with Gasteiger partial charge in [0, 0.05) is 41.7 Å². The largest absolute Gasteiger partial charge is 0.493 e. The average Bonchev–Trinajstić information content (AvgIpc) is 3.20. The van der Waals surface area contributed by atoms with Crippen LogP contribution < -0.4 is 14.2 Å². The van der Waals surface area contributed by atoms with Crippen molar-refractivity contribution in [1.82, 2.24) is 0 Å². The van der Waals surface area contributed by atoms with Gasteiger partial charge < -0.3 is 28.4 Å². The lowest BCUT2D eigenvalue weighted by molar-refractivity contribution is -0.168. The number of carbonyl (C=O) groups is 7. The maximum absolute atomic E-state index is 13.0. The summed E-state index contributed by atoms with van der Waals surface area (Å²) >= 11 is 0. The third-order valence-corrected chi connectivity index (χ3v) is 9.88. The molecule has 318 valence electrons. The fourth-order valence-electron chi connectivity index (χ4n) is 6.31. The molecule has 0 heterocycles. The van der Waals surface area contributed by atoms with Crippen molar-refractivity contribution < 1.29 is 62.0 Å². The van der Waals surface area contributed by atoms with Crippen LogP contribution in [-0.4, -0.2) is 67.8 Å². The Hall–Kier alpha value is -5.85. The van der Waals surface area contributed by atoms with E-state index in [4.69, 9.17) is 28.4 Å². The SMILES string of the molecule is C=C(C)C(=O)OCC(COC(=O)C(C)=O)(COC(=O)C(C)=O)COc1ccc(-c2cc(OC(=O)C(=C)C)c(C3CCC(CCCCC)CC3)cc2OC(=O)C(=C)C)cc1. The second-order valence-electron chi connectivity index (χ2n) is 15.4. The average molecular weight is 817 g/mol. The van der Waals surface area contributed by atoms with Crippen LogP contribution in [0.1, 0.15) is 104 Å². The van der Waals surface area contributed by atoms with Crippen LogP contribution in [0.25, 0.3) is 11.1 Å². The van der Waals surface area contributed by atoms with Gasteiger partial charge in [-0.25, -0.2) is 24.0 Å². The Morgan fingerprint density at radius 1 is 0.610 bits per heavy atom. The van der Waals surface area contributed by atoms with Gasteiger partial charge >= 0.3 is 29.8 Å². The number of hydrogen-bond acceptors (Lipinski definition) is 13. The maximum Gasteiger partial charge on any atom is 0.374 e. The number of carbonyl (C=O) groups excluding carboxylic acids is 7. The summed E-state index contributed by atoms with van der Waals surface area (Å²) in [5.41, 5.74) is 0.603. The standard InChI is InChI=1S/C46H56O13/c1-10-11-12-13-33-14-16-34(17-15-33)37-22-40(59-43(51)30(6)7)38(23-39(37)58-42(50)29(4)5)35-18-20-36(21-19-35)54-24-46(25-55-41(49)28(2)3,26-56-44(52)31(8)47)27-57-45(53)32(9)48/h18-23,33-34H,2,4,6,10-17,24-27H2,1,3,5,7-9H3. The number of ether oxygens (including phenoxy) is 6. The van der Waals surface area contributed by atoms with Crippen LogP contribution in [0.3, 0.4) is 0 Å². The lowest BCUT2D eigenvalue weighted by Crippen LogP contribution is -2.45. The molecule has 1 fully saturated rings. The first-order chi connectivity index (χ1) is 27.9. The monoisotopic (exact) mass is 816 g/mol. The highest BCUT2D eigenvalue weighted by atomic mass is 16.6. The first-order valence-electron chi connectivity index (χ1n) is 19.7. The van der Waals surface area contributed by atoms with E-state index < -0.39 is 73.3 Å². The second-order valence-corrected chi connectivity index (χ2v) is 15.4. The number of hydrogen-bond donors (Lipinski definition) is 0. The molecule has 0 aromatic heterocycles. The molecule has 59 heavy (non-hydrogen) atoms. The Bertz CT molecular complexity index is 1860. The van der Waals surface area contributed by atoms with Gasteiger partial charge in [0.2, 0.25) is 11.6 Å². The third-order valence-electron chi connectivity index (χ3n) is 9.88. The smallest absolute Gasteiger partial charge is 0.374 e. The highest BCUT2D eigenvalue weighted by molar-refractivity contribution is 6.32. The molecule has 1 aliphatic carbocycles. The molecule has 0 atom stereocenters. The van der Waals surface area contributed by atoms with Crippen molar-refractivity contribution in [3.05, 3.63) is 78.4 Å². The molecule has 0 amide bonds. The second kappa shape index (κ2) is 22.3. The van der Waals surface area contributed by atoms with Crippen molar-refractivity contribution in [2.75, 3.05) is 26.4 Å². The van der Waals surface area contributed by atoms with Crippen LogP contribution >= 0.6 is 0 Å². The minimum Gasteiger partial charge on any atom is -0.493 e. The van der Waals surface area contributed by atoms with E-state index >= 15 is 0 Å². The Kier molecular flexibility index (Phi) is 18.0. The molecule has 3 rings (SSSR count). The van der Waals surface area contributed by atoms with Gasteiger partial charge in [0.1, 0.15) is 49.1 Å². The Balaban J connectivity index is 2.03. The molecule has 13 heteroatoms. The van der Waals surface area contributed by atoms with Crippen LogP contribution in [0.2, 0.25) is 0 Å². The number of esters is 5. The summed E-state index contributed by atoms with van der Waals surface area (Å²) in [5, 5.41) is 0. The number of rotatable bonds is 22. The fraction of sp³-hybridized carbons (Fsp3) is 0.457. The van der Waals surface area contributed by atoms with Gasteiger partial charge in [0.05, 0.1) is 0 Å². The van der Waals surface area contributed by atoms with Gasteiger partial charge in [0.15, 0.2) is 0 Å². The third kappa shape index (κ3) is 14.5. The van der Waals surface area contributed by atoms with Crippen LogP contribution in [-0.2, 0) is 47.8 Å². The van der Waals surface area contributed by atoms with E-state index in [1.54, 1.807) is 50.2 Å². The van der Waals surface area contributed by atoms with E-state index in [2.05, 4.69) is 26.7 Å². The molecule has 2 aromatic rings. The van der Waals surface area contributed by atoms with Gasteiger partial charge in [0.25, 0.3) is 0 Å². The summed E-state index contributed by atoms with van der Waals surface area (Å²) in [4.78, 5) is 86.0. The molecule has 0 spiro atoms. The maximum atomic E-state index is 13.0. The van der Waals surface area contributed by atoms with Crippen LogP contribution in [0.4, 0.5) is 0 Å². The number of ketones is 2. The highest BCUT2D eigenvalue weighted by Crippen LogP contribution is 2.46. The summed E-state index contributed by atoms with van der Waals surface area (Å²) in [6, 6.07) is 9.94.